The van der Waals surface area contributed by atoms with Gasteiger partial charge in [-0.25, -0.2) is 0 Å². The summed E-state index contributed by atoms with van der Waals surface area (Å²) in [6.07, 6.45) is 1.52. The first-order chi connectivity index (χ1) is 12.5. The van der Waals surface area contributed by atoms with Crippen LogP contribution < -0.4 is 5.30 Å². The lowest BCUT2D eigenvalue weighted by atomic mass is 10.0. The molecule has 1 aromatic carbocycles. The molecular weight excluding hydrogens is 345 g/mol. The first-order valence-corrected chi connectivity index (χ1v) is 9.66. The maximum atomic E-state index is 12.4. The standard InChI is InChI=1S/C12H13N3O2.C8H11P/c16-9-7-8(13-1-2-13)12(17)11(15-5-6-15)10(9)14-3-4-14;1-6-4-3-5-7(2)8(6)9/h7H,1-6H2;3-5H,9H2,1-2H3. The number of carbonyl (C=O) groups excluding carboxylic acids is 2. The van der Waals surface area contributed by atoms with Crippen molar-refractivity contribution < 1.29 is 9.59 Å². The van der Waals surface area contributed by atoms with Crippen molar-refractivity contribution in [3.8, 4) is 0 Å². The van der Waals surface area contributed by atoms with Gasteiger partial charge in [0.2, 0.25) is 11.6 Å². The number of carbonyl (C=O) groups is 2. The van der Waals surface area contributed by atoms with E-state index >= 15 is 0 Å². The Hall–Kier alpha value is -2.13. The quantitative estimate of drug-likeness (QED) is 0.452. The Labute approximate surface area is 156 Å². The van der Waals surface area contributed by atoms with Crippen molar-refractivity contribution in [1.82, 2.24) is 14.7 Å². The summed E-state index contributed by atoms with van der Waals surface area (Å²) in [5, 5.41) is 1.33. The Morgan fingerprint density at radius 3 is 1.77 bits per heavy atom. The zero-order valence-corrected chi connectivity index (χ0v) is 16.4. The second kappa shape index (κ2) is 6.55. The van der Waals surface area contributed by atoms with Crippen LogP contribution in [0.5, 0.6) is 0 Å². The van der Waals surface area contributed by atoms with Crippen LogP contribution in [0.15, 0.2) is 41.4 Å². The zero-order chi connectivity index (χ0) is 18.4. The number of benzene rings is 1. The lowest BCUT2D eigenvalue weighted by molar-refractivity contribution is -0.117. The van der Waals surface area contributed by atoms with Gasteiger partial charge < -0.3 is 14.7 Å². The third kappa shape index (κ3) is 3.41. The number of Topliss-reactive ketones (excluding diaryl/α,β-unsaturated/α-hetero) is 1. The Kier molecular flexibility index (Phi) is 4.36. The van der Waals surface area contributed by atoms with E-state index < -0.39 is 0 Å². The van der Waals surface area contributed by atoms with Gasteiger partial charge in [-0.2, -0.15) is 0 Å². The molecule has 1 atom stereocenters. The molecule has 0 saturated carbocycles. The first kappa shape index (κ1) is 17.3. The molecule has 0 spiro atoms. The molecule has 3 aliphatic heterocycles. The van der Waals surface area contributed by atoms with E-state index in [9.17, 15) is 9.59 Å². The average Bonchev–Trinajstić information content (AvgIpc) is 3.48. The third-order valence-corrected chi connectivity index (χ3v) is 5.94. The van der Waals surface area contributed by atoms with E-state index in [2.05, 4.69) is 41.3 Å². The van der Waals surface area contributed by atoms with Crippen molar-refractivity contribution in [2.45, 2.75) is 13.8 Å². The molecule has 26 heavy (non-hydrogen) atoms. The van der Waals surface area contributed by atoms with Gasteiger partial charge in [0.25, 0.3) is 0 Å². The number of nitrogens with zero attached hydrogens (tertiary/aromatic N) is 3. The Balaban J connectivity index is 0.000000160. The fourth-order valence-corrected chi connectivity index (χ4v) is 3.30. The predicted octanol–water partition coefficient (Wildman–Crippen LogP) is 0.984. The third-order valence-electron chi connectivity index (χ3n) is 5.03. The summed E-state index contributed by atoms with van der Waals surface area (Å²) >= 11 is 0. The molecule has 0 radical (unpaired) electrons. The van der Waals surface area contributed by atoms with Crippen LogP contribution in [0.3, 0.4) is 0 Å². The second-order valence-corrected chi connectivity index (χ2v) is 7.76. The Morgan fingerprint density at radius 1 is 0.808 bits per heavy atom. The normalized spacial score (nSPS) is 20.7. The maximum absolute atomic E-state index is 12.4. The van der Waals surface area contributed by atoms with Crippen LogP contribution in [0.1, 0.15) is 11.1 Å². The minimum absolute atomic E-state index is 0.00546. The highest BCUT2D eigenvalue weighted by Gasteiger charge is 2.43. The van der Waals surface area contributed by atoms with Crippen LogP contribution >= 0.6 is 9.24 Å². The zero-order valence-electron chi connectivity index (χ0n) is 15.3. The van der Waals surface area contributed by atoms with Gasteiger partial charge in [0.1, 0.15) is 11.4 Å². The van der Waals surface area contributed by atoms with Gasteiger partial charge in [-0.15, -0.1) is 9.24 Å². The molecule has 0 aromatic heterocycles. The van der Waals surface area contributed by atoms with E-state index in [1.54, 1.807) is 0 Å². The topological polar surface area (TPSA) is 43.2 Å². The highest BCUT2D eigenvalue weighted by molar-refractivity contribution is 7.27. The highest BCUT2D eigenvalue weighted by atomic mass is 31.0. The molecular formula is C20H24N3O2P. The second-order valence-electron chi connectivity index (χ2n) is 7.19. The van der Waals surface area contributed by atoms with Crippen molar-refractivity contribution in [3.05, 3.63) is 52.5 Å². The van der Waals surface area contributed by atoms with E-state index in [1.807, 2.05) is 14.7 Å². The smallest absolute Gasteiger partial charge is 0.227 e. The molecule has 136 valence electrons. The fraction of sp³-hybridized carbons (Fsp3) is 0.400. The number of hydrogen-bond donors (Lipinski definition) is 0. The molecule has 5 nitrogen and oxygen atoms in total. The SMILES string of the molecule is Cc1cccc(C)c1P.O=C1C=C(N2CC2)C(=O)C(N2CC2)=C1N1CC1. The lowest BCUT2D eigenvalue weighted by Gasteiger charge is -2.21. The van der Waals surface area contributed by atoms with E-state index in [1.165, 1.54) is 22.5 Å². The molecule has 1 aliphatic carbocycles. The van der Waals surface area contributed by atoms with Gasteiger partial charge in [0.05, 0.1) is 5.70 Å². The van der Waals surface area contributed by atoms with Crippen molar-refractivity contribution in [2.24, 2.45) is 0 Å². The Bertz CT molecular complexity index is 826. The number of rotatable bonds is 3. The number of ketones is 2. The molecule has 0 amide bonds. The molecule has 0 bridgehead atoms. The maximum Gasteiger partial charge on any atom is 0.227 e. The summed E-state index contributed by atoms with van der Waals surface area (Å²) in [6, 6.07) is 6.32. The molecule has 1 unspecified atom stereocenters. The van der Waals surface area contributed by atoms with E-state index in [0.29, 0.717) is 17.1 Å². The highest BCUT2D eigenvalue weighted by Crippen LogP contribution is 2.33. The van der Waals surface area contributed by atoms with Gasteiger partial charge in [-0.1, -0.05) is 18.2 Å². The molecule has 5 rings (SSSR count). The number of allylic oxidation sites excluding steroid dienone is 1. The minimum Gasteiger partial charge on any atom is -0.365 e. The predicted molar refractivity (Wildman–Crippen MR) is 105 cm³/mol. The largest absolute Gasteiger partial charge is 0.365 e. The van der Waals surface area contributed by atoms with Gasteiger partial charge >= 0.3 is 0 Å². The van der Waals surface area contributed by atoms with Crippen LogP contribution in [-0.4, -0.2) is 65.5 Å². The summed E-state index contributed by atoms with van der Waals surface area (Å²) in [7, 11) is 2.74. The van der Waals surface area contributed by atoms with Gasteiger partial charge in [-0.3, -0.25) is 9.59 Å². The Morgan fingerprint density at radius 2 is 1.31 bits per heavy atom. The van der Waals surface area contributed by atoms with E-state index in [4.69, 9.17) is 0 Å². The van der Waals surface area contributed by atoms with Crippen molar-refractivity contribution >= 4 is 26.1 Å². The molecule has 3 fully saturated rings. The van der Waals surface area contributed by atoms with Gasteiger partial charge in [-0.05, 0) is 30.3 Å². The van der Waals surface area contributed by atoms with Gasteiger partial charge in [0, 0.05) is 45.3 Å². The summed E-state index contributed by atoms with van der Waals surface area (Å²) in [5.41, 5.74) is 4.58. The van der Waals surface area contributed by atoms with Crippen LogP contribution in [0.4, 0.5) is 0 Å². The van der Waals surface area contributed by atoms with Crippen molar-refractivity contribution in [3.63, 3.8) is 0 Å². The van der Waals surface area contributed by atoms with Crippen molar-refractivity contribution in [1.29, 1.82) is 0 Å². The van der Waals surface area contributed by atoms with Crippen LogP contribution in [0.25, 0.3) is 0 Å². The molecule has 4 aliphatic rings. The monoisotopic (exact) mass is 369 g/mol. The molecule has 3 saturated heterocycles. The minimum atomic E-state index is 0.00546. The summed E-state index contributed by atoms with van der Waals surface area (Å²) in [6.45, 7) is 9.65. The van der Waals surface area contributed by atoms with E-state index in [0.717, 1.165) is 39.3 Å². The fourth-order valence-electron chi connectivity index (χ4n) is 3.10. The molecule has 3 heterocycles. The van der Waals surface area contributed by atoms with Crippen LogP contribution in [-0.2, 0) is 9.59 Å². The number of aryl methyl sites for hydroxylation is 2. The lowest BCUT2D eigenvalue weighted by Crippen LogP contribution is -2.29. The van der Waals surface area contributed by atoms with E-state index in [-0.39, 0.29) is 11.6 Å². The van der Waals surface area contributed by atoms with Crippen molar-refractivity contribution in [2.75, 3.05) is 39.3 Å². The van der Waals surface area contributed by atoms with Crippen LogP contribution in [0, 0.1) is 13.8 Å². The molecule has 0 N–H and O–H groups in total. The summed E-state index contributed by atoms with van der Waals surface area (Å²) < 4.78 is 0. The summed E-state index contributed by atoms with van der Waals surface area (Å²) in [4.78, 5) is 30.5. The number of hydrogen-bond acceptors (Lipinski definition) is 5. The van der Waals surface area contributed by atoms with Crippen LogP contribution in [0.2, 0.25) is 0 Å². The molecule has 1 aromatic rings. The summed E-state index contributed by atoms with van der Waals surface area (Å²) in [5.74, 6) is 0.0485. The van der Waals surface area contributed by atoms with Gasteiger partial charge in [0.15, 0.2) is 0 Å². The molecule has 6 heteroatoms. The first-order valence-electron chi connectivity index (χ1n) is 9.09. The average molecular weight is 369 g/mol.